The molecule has 1 aromatic carbocycles. The molecule has 0 saturated carbocycles. The van der Waals surface area contributed by atoms with Crippen molar-refractivity contribution in [3.63, 3.8) is 0 Å². The Kier molecular flexibility index (Phi) is 4.27. The van der Waals surface area contributed by atoms with Crippen LogP contribution in [0.2, 0.25) is 5.02 Å². The number of halogens is 5. The van der Waals surface area contributed by atoms with E-state index in [0.29, 0.717) is 0 Å². The van der Waals surface area contributed by atoms with Gasteiger partial charge in [-0.2, -0.15) is 13.2 Å². The number of hydrogen-bond donors (Lipinski definition) is 1. The van der Waals surface area contributed by atoms with Gasteiger partial charge >= 0.3 is 6.18 Å². The van der Waals surface area contributed by atoms with E-state index >= 15 is 0 Å². The number of rotatable bonds is 2. The van der Waals surface area contributed by atoms with Crippen LogP contribution in [-0.4, -0.2) is 11.8 Å². The van der Waals surface area contributed by atoms with E-state index in [1.165, 1.54) is 6.92 Å². The maximum Gasteiger partial charge on any atom is 0.417 e. The average Bonchev–Trinajstić information content (AvgIpc) is 2.21. The van der Waals surface area contributed by atoms with Crippen molar-refractivity contribution in [3.05, 3.63) is 28.3 Å². The highest BCUT2D eigenvalue weighted by molar-refractivity contribution is 6.32. The number of carbonyl (C=O) groups is 1. The second-order valence-corrected chi connectivity index (χ2v) is 4.00. The Hall–Kier alpha value is -0.940. The highest BCUT2D eigenvalue weighted by atomic mass is 35.5. The van der Waals surface area contributed by atoms with Crippen LogP contribution in [0.3, 0.4) is 0 Å². The summed E-state index contributed by atoms with van der Waals surface area (Å²) in [5.74, 6) is -0.788. The van der Waals surface area contributed by atoms with Crippen LogP contribution in [0.4, 0.5) is 18.9 Å². The van der Waals surface area contributed by atoms with E-state index in [0.717, 1.165) is 12.1 Å². The minimum atomic E-state index is -4.52. The SMILES string of the molecule is Cc1cc(C(F)(F)F)c(Cl)cc1NC(=O)CCl. The Morgan fingerprint density at radius 3 is 2.47 bits per heavy atom. The van der Waals surface area contributed by atoms with Gasteiger partial charge in [0.05, 0.1) is 10.6 Å². The Morgan fingerprint density at radius 1 is 1.41 bits per heavy atom. The summed E-state index contributed by atoms with van der Waals surface area (Å²) >= 11 is 10.8. The molecule has 0 spiro atoms. The minimum Gasteiger partial charge on any atom is -0.325 e. The van der Waals surface area contributed by atoms with E-state index in [1.54, 1.807) is 0 Å². The second-order valence-electron chi connectivity index (χ2n) is 3.33. The zero-order chi connectivity index (χ0) is 13.2. The van der Waals surface area contributed by atoms with Crippen LogP contribution in [0.25, 0.3) is 0 Å². The van der Waals surface area contributed by atoms with E-state index < -0.39 is 22.7 Å². The maximum absolute atomic E-state index is 12.5. The molecule has 2 nitrogen and oxygen atoms in total. The third-order valence-electron chi connectivity index (χ3n) is 2.01. The Balaban J connectivity index is 3.14. The quantitative estimate of drug-likeness (QED) is 0.822. The average molecular weight is 286 g/mol. The van der Waals surface area contributed by atoms with Gasteiger partial charge in [-0.1, -0.05) is 11.6 Å². The van der Waals surface area contributed by atoms with E-state index in [-0.39, 0.29) is 17.1 Å². The largest absolute Gasteiger partial charge is 0.417 e. The zero-order valence-corrected chi connectivity index (χ0v) is 10.2. The van der Waals surface area contributed by atoms with Gasteiger partial charge in [0.1, 0.15) is 5.88 Å². The number of benzene rings is 1. The third kappa shape index (κ3) is 3.51. The zero-order valence-electron chi connectivity index (χ0n) is 8.66. The number of aryl methyl sites for hydroxylation is 1. The van der Waals surface area contributed by atoms with Gasteiger partial charge in [0.25, 0.3) is 0 Å². The van der Waals surface area contributed by atoms with Crippen LogP contribution in [0.15, 0.2) is 12.1 Å². The van der Waals surface area contributed by atoms with Crippen molar-refractivity contribution in [2.24, 2.45) is 0 Å². The number of carbonyl (C=O) groups excluding carboxylic acids is 1. The van der Waals surface area contributed by atoms with E-state index in [1.807, 2.05) is 0 Å². The van der Waals surface area contributed by atoms with Crippen molar-refractivity contribution in [2.45, 2.75) is 13.1 Å². The summed E-state index contributed by atoms with van der Waals surface area (Å²) in [4.78, 5) is 11.0. The van der Waals surface area contributed by atoms with Gasteiger partial charge in [-0.05, 0) is 24.6 Å². The van der Waals surface area contributed by atoms with Crippen molar-refractivity contribution >= 4 is 34.8 Å². The summed E-state index contributed by atoms with van der Waals surface area (Å²) in [5.41, 5.74) is -0.450. The van der Waals surface area contributed by atoms with Gasteiger partial charge in [0, 0.05) is 5.69 Å². The Bertz CT molecular complexity index is 446. The minimum absolute atomic E-state index is 0.216. The predicted molar refractivity (Wildman–Crippen MR) is 60.5 cm³/mol. The van der Waals surface area contributed by atoms with Crippen LogP contribution < -0.4 is 5.32 Å². The molecule has 17 heavy (non-hydrogen) atoms. The summed E-state index contributed by atoms with van der Waals surface area (Å²) < 4.78 is 37.5. The number of hydrogen-bond acceptors (Lipinski definition) is 1. The van der Waals surface area contributed by atoms with Crippen LogP contribution in [0.1, 0.15) is 11.1 Å². The predicted octanol–water partition coefficient (Wildman–Crippen LogP) is 3.84. The van der Waals surface area contributed by atoms with Gasteiger partial charge in [0.15, 0.2) is 0 Å². The molecule has 0 heterocycles. The molecule has 94 valence electrons. The van der Waals surface area contributed by atoms with Crippen molar-refractivity contribution in [1.29, 1.82) is 0 Å². The molecule has 0 unspecified atom stereocenters. The van der Waals surface area contributed by atoms with E-state index in [9.17, 15) is 18.0 Å². The van der Waals surface area contributed by atoms with Crippen molar-refractivity contribution in [2.75, 3.05) is 11.2 Å². The molecule has 0 saturated heterocycles. The van der Waals surface area contributed by atoms with Crippen molar-refractivity contribution in [1.82, 2.24) is 0 Å². The molecule has 0 atom stereocenters. The molecule has 0 radical (unpaired) electrons. The fourth-order valence-electron chi connectivity index (χ4n) is 1.22. The molecule has 0 aliphatic carbocycles. The molecule has 1 amide bonds. The lowest BCUT2D eigenvalue weighted by atomic mass is 10.1. The van der Waals surface area contributed by atoms with Gasteiger partial charge in [-0.15, -0.1) is 11.6 Å². The van der Waals surface area contributed by atoms with Gasteiger partial charge in [-0.25, -0.2) is 0 Å². The maximum atomic E-state index is 12.5. The van der Waals surface area contributed by atoms with Gasteiger partial charge in [-0.3, -0.25) is 4.79 Å². The first-order valence-corrected chi connectivity index (χ1v) is 5.40. The second kappa shape index (κ2) is 5.14. The third-order valence-corrected chi connectivity index (χ3v) is 2.57. The highest BCUT2D eigenvalue weighted by Crippen LogP contribution is 2.37. The molecule has 0 aliphatic rings. The number of nitrogens with one attached hydrogen (secondary N) is 1. The highest BCUT2D eigenvalue weighted by Gasteiger charge is 2.33. The van der Waals surface area contributed by atoms with Crippen molar-refractivity contribution < 1.29 is 18.0 Å². The number of anilines is 1. The fraction of sp³-hybridized carbons (Fsp3) is 0.300. The first-order valence-electron chi connectivity index (χ1n) is 4.49. The summed E-state index contributed by atoms with van der Waals surface area (Å²) in [6, 6.07) is 1.94. The molecule has 0 aliphatic heterocycles. The lowest BCUT2D eigenvalue weighted by Crippen LogP contribution is -2.14. The molecule has 7 heteroatoms. The molecule has 1 aromatic rings. The van der Waals surface area contributed by atoms with Crippen LogP contribution in [-0.2, 0) is 11.0 Å². The van der Waals surface area contributed by atoms with E-state index in [2.05, 4.69) is 5.32 Å². The first kappa shape index (κ1) is 14.1. The number of alkyl halides is 4. The molecule has 0 bridgehead atoms. The molecule has 1 rings (SSSR count). The smallest absolute Gasteiger partial charge is 0.325 e. The Morgan fingerprint density at radius 2 is 2.00 bits per heavy atom. The van der Waals surface area contributed by atoms with Gasteiger partial charge in [0.2, 0.25) is 5.91 Å². The molecule has 0 aromatic heterocycles. The number of amides is 1. The van der Waals surface area contributed by atoms with E-state index in [4.69, 9.17) is 23.2 Å². The summed E-state index contributed by atoms with van der Waals surface area (Å²) in [6.07, 6.45) is -4.52. The molecular formula is C10H8Cl2F3NO. The normalized spacial score (nSPS) is 11.4. The Labute approximate surface area is 106 Å². The summed E-state index contributed by atoms with van der Waals surface area (Å²) in [7, 11) is 0. The van der Waals surface area contributed by atoms with Crippen LogP contribution in [0.5, 0.6) is 0 Å². The van der Waals surface area contributed by atoms with Crippen LogP contribution >= 0.6 is 23.2 Å². The molecule has 1 N–H and O–H groups in total. The first-order chi connectivity index (χ1) is 7.75. The lowest BCUT2D eigenvalue weighted by molar-refractivity contribution is -0.137. The summed E-state index contributed by atoms with van der Waals surface area (Å²) in [6.45, 7) is 1.44. The topological polar surface area (TPSA) is 29.1 Å². The summed E-state index contributed by atoms with van der Waals surface area (Å²) in [5, 5.41) is 1.89. The monoisotopic (exact) mass is 285 g/mol. The van der Waals surface area contributed by atoms with Crippen molar-refractivity contribution in [3.8, 4) is 0 Å². The molecule has 0 fully saturated rings. The van der Waals surface area contributed by atoms with Crippen LogP contribution in [0, 0.1) is 6.92 Å². The van der Waals surface area contributed by atoms with Gasteiger partial charge < -0.3 is 5.32 Å². The molecular weight excluding hydrogens is 278 g/mol. The fourth-order valence-corrected chi connectivity index (χ4v) is 1.55. The lowest BCUT2D eigenvalue weighted by Gasteiger charge is -2.13. The standard InChI is InChI=1S/C10H8Cl2F3NO/c1-5-2-6(10(13,14)15)7(12)3-8(5)16-9(17)4-11/h2-3H,4H2,1H3,(H,16,17).